The summed E-state index contributed by atoms with van der Waals surface area (Å²) in [6.45, 7) is 4.29. The summed E-state index contributed by atoms with van der Waals surface area (Å²) in [7, 11) is 4.03. The first-order chi connectivity index (χ1) is 10.1. The fourth-order valence-corrected chi connectivity index (χ4v) is 3.49. The average Bonchev–Trinajstić information content (AvgIpc) is 2.82. The molecule has 0 radical (unpaired) electrons. The monoisotopic (exact) mass is 297 g/mol. The topological polar surface area (TPSA) is 16.4 Å². The Morgan fingerprint density at radius 3 is 2.43 bits per heavy atom. The zero-order valence-electron chi connectivity index (χ0n) is 12.8. The van der Waals surface area contributed by atoms with Crippen LogP contribution in [-0.2, 0) is 0 Å². The molecule has 108 valence electrons. The summed E-state index contributed by atoms with van der Waals surface area (Å²) in [5, 5.41) is 1.17. The first kappa shape index (κ1) is 14.1. The van der Waals surface area contributed by atoms with Gasteiger partial charge in [-0.05, 0) is 49.2 Å². The number of hydrogen-bond acceptors (Lipinski definition) is 3. The van der Waals surface area contributed by atoms with Crippen LogP contribution in [0, 0.1) is 13.8 Å². The molecule has 0 unspecified atom stereocenters. The third kappa shape index (κ3) is 2.66. The molecule has 0 fully saturated rings. The molecule has 0 saturated carbocycles. The molecule has 3 rings (SSSR count). The fourth-order valence-electron chi connectivity index (χ4n) is 2.30. The molecule has 0 aliphatic carbocycles. The van der Waals surface area contributed by atoms with E-state index in [4.69, 9.17) is 4.42 Å². The smallest absolute Gasteiger partial charge is 0.210 e. The number of anilines is 1. The van der Waals surface area contributed by atoms with E-state index in [1.54, 1.807) is 11.8 Å². The van der Waals surface area contributed by atoms with Crippen LogP contribution in [0.4, 0.5) is 5.88 Å². The van der Waals surface area contributed by atoms with Gasteiger partial charge in [0.05, 0.1) is 4.90 Å². The Labute approximate surface area is 129 Å². The van der Waals surface area contributed by atoms with Gasteiger partial charge in [-0.3, -0.25) is 0 Å². The standard InChI is InChI=1S/C18H19NOS/c1-12-9-10-14(11-13(12)2)21-17-15-7-5-6-8-16(15)20-18(17)19(3)4/h5-11H,1-4H3. The maximum atomic E-state index is 5.99. The maximum Gasteiger partial charge on any atom is 0.210 e. The number of para-hydroxylation sites is 1. The van der Waals surface area contributed by atoms with E-state index in [9.17, 15) is 0 Å². The van der Waals surface area contributed by atoms with E-state index in [-0.39, 0.29) is 0 Å². The molecular formula is C18H19NOS. The van der Waals surface area contributed by atoms with Crippen LogP contribution in [0.1, 0.15) is 11.1 Å². The van der Waals surface area contributed by atoms with Crippen molar-refractivity contribution in [2.24, 2.45) is 0 Å². The van der Waals surface area contributed by atoms with E-state index in [2.05, 4.69) is 44.2 Å². The van der Waals surface area contributed by atoms with E-state index in [0.717, 1.165) is 11.5 Å². The molecule has 0 aliphatic rings. The number of hydrogen-bond donors (Lipinski definition) is 0. The fraction of sp³-hybridized carbons (Fsp3) is 0.222. The molecule has 0 atom stereocenters. The molecule has 3 aromatic rings. The lowest BCUT2D eigenvalue weighted by Crippen LogP contribution is -2.08. The Morgan fingerprint density at radius 2 is 1.71 bits per heavy atom. The molecule has 2 nitrogen and oxygen atoms in total. The van der Waals surface area contributed by atoms with Crippen molar-refractivity contribution in [3.8, 4) is 0 Å². The van der Waals surface area contributed by atoms with Gasteiger partial charge >= 0.3 is 0 Å². The predicted molar refractivity (Wildman–Crippen MR) is 90.6 cm³/mol. The highest BCUT2D eigenvalue weighted by Crippen LogP contribution is 2.42. The van der Waals surface area contributed by atoms with E-state index >= 15 is 0 Å². The Kier molecular flexibility index (Phi) is 3.68. The number of benzene rings is 2. The molecule has 0 saturated heterocycles. The number of nitrogens with zero attached hydrogens (tertiary/aromatic N) is 1. The molecule has 0 amide bonds. The summed E-state index contributed by atoms with van der Waals surface area (Å²) in [5.74, 6) is 0.916. The number of furan rings is 1. The molecule has 3 heteroatoms. The molecule has 1 heterocycles. The minimum Gasteiger partial charge on any atom is -0.439 e. The first-order valence-corrected chi connectivity index (χ1v) is 7.82. The van der Waals surface area contributed by atoms with Crippen LogP contribution in [0.3, 0.4) is 0 Å². The number of fused-ring (bicyclic) bond motifs is 1. The van der Waals surface area contributed by atoms with E-state index in [1.165, 1.54) is 26.3 Å². The van der Waals surface area contributed by atoms with Gasteiger partial charge in [0.15, 0.2) is 0 Å². The largest absolute Gasteiger partial charge is 0.439 e. The minimum absolute atomic E-state index is 0.916. The zero-order valence-corrected chi connectivity index (χ0v) is 13.6. The SMILES string of the molecule is Cc1ccc(Sc2c(N(C)C)oc3ccccc23)cc1C. The summed E-state index contributed by atoms with van der Waals surface area (Å²) in [6.07, 6.45) is 0. The van der Waals surface area contributed by atoms with Gasteiger partial charge in [-0.25, -0.2) is 0 Å². The minimum atomic E-state index is 0.916. The molecular weight excluding hydrogens is 278 g/mol. The van der Waals surface area contributed by atoms with Crippen molar-refractivity contribution in [3.63, 3.8) is 0 Å². The lowest BCUT2D eigenvalue weighted by atomic mass is 10.1. The third-order valence-electron chi connectivity index (χ3n) is 3.64. The highest BCUT2D eigenvalue weighted by Gasteiger charge is 2.16. The molecule has 0 bridgehead atoms. The zero-order chi connectivity index (χ0) is 15.0. The number of aryl methyl sites for hydroxylation is 2. The molecule has 1 aromatic heterocycles. The average molecular weight is 297 g/mol. The van der Waals surface area contributed by atoms with E-state index in [1.807, 2.05) is 31.1 Å². The van der Waals surface area contributed by atoms with Crippen molar-refractivity contribution in [2.75, 3.05) is 19.0 Å². The van der Waals surface area contributed by atoms with Crippen LogP contribution < -0.4 is 4.90 Å². The van der Waals surface area contributed by atoms with Gasteiger partial charge in [-0.15, -0.1) is 0 Å². The number of rotatable bonds is 3. The Morgan fingerprint density at radius 1 is 0.952 bits per heavy atom. The van der Waals surface area contributed by atoms with Crippen molar-refractivity contribution in [1.82, 2.24) is 0 Å². The van der Waals surface area contributed by atoms with Gasteiger partial charge in [0, 0.05) is 24.4 Å². The van der Waals surface area contributed by atoms with Gasteiger partial charge in [-0.1, -0.05) is 30.0 Å². The normalized spacial score (nSPS) is 11.0. The van der Waals surface area contributed by atoms with E-state index < -0.39 is 0 Å². The summed E-state index contributed by atoms with van der Waals surface area (Å²) < 4.78 is 5.99. The Hall–Kier alpha value is -1.87. The summed E-state index contributed by atoms with van der Waals surface area (Å²) in [5.41, 5.74) is 3.58. The Balaban J connectivity index is 2.10. The van der Waals surface area contributed by atoms with Crippen LogP contribution >= 0.6 is 11.8 Å². The van der Waals surface area contributed by atoms with Crippen LogP contribution in [0.5, 0.6) is 0 Å². The van der Waals surface area contributed by atoms with E-state index in [0.29, 0.717) is 0 Å². The molecule has 0 N–H and O–H groups in total. The van der Waals surface area contributed by atoms with Gasteiger partial charge in [0.2, 0.25) is 5.88 Å². The summed E-state index contributed by atoms with van der Waals surface area (Å²) >= 11 is 1.77. The van der Waals surface area contributed by atoms with Gasteiger partial charge < -0.3 is 9.32 Å². The second-order valence-corrected chi connectivity index (χ2v) is 6.56. The highest BCUT2D eigenvalue weighted by atomic mass is 32.2. The second kappa shape index (κ2) is 5.49. The quantitative estimate of drug-likeness (QED) is 0.655. The second-order valence-electron chi connectivity index (χ2n) is 5.48. The first-order valence-electron chi connectivity index (χ1n) is 7.00. The molecule has 0 aliphatic heterocycles. The van der Waals surface area contributed by atoms with Gasteiger partial charge in [-0.2, -0.15) is 0 Å². The van der Waals surface area contributed by atoms with Crippen molar-refractivity contribution in [2.45, 2.75) is 23.6 Å². The maximum absolute atomic E-state index is 5.99. The third-order valence-corrected chi connectivity index (χ3v) is 4.73. The van der Waals surface area contributed by atoms with Crippen LogP contribution in [0.25, 0.3) is 11.0 Å². The van der Waals surface area contributed by atoms with Crippen LogP contribution in [0.15, 0.2) is 56.7 Å². The van der Waals surface area contributed by atoms with Crippen molar-refractivity contribution < 1.29 is 4.42 Å². The molecule has 2 aromatic carbocycles. The molecule has 0 spiro atoms. The van der Waals surface area contributed by atoms with Crippen molar-refractivity contribution in [3.05, 3.63) is 53.6 Å². The Bertz CT molecular complexity index is 789. The summed E-state index contributed by atoms with van der Waals surface area (Å²) in [4.78, 5) is 4.45. The predicted octanol–water partition coefficient (Wildman–Crippen LogP) is 5.27. The van der Waals surface area contributed by atoms with Gasteiger partial charge in [0.25, 0.3) is 0 Å². The molecule has 21 heavy (non-hydrogen) atoms. The lowest BCUT2D eigenvalue weighted by molar-refractivity contribution is 0.602. The van der Waals surface area contributed by atoms with Crippen LogP contribution in [-0.4, -0.2) is 14.1 Å². The van der Waals surface area contributed by atoms with Crippen molar-refractivity contribution in [1.29, 1.82) is 0 Å². The van der Waals surface area contributed by atoms with Crippen molar-refractivity contribution >= 4 is 28.6 Å². The highest BCUT2D eigenvalue weighted by molar-refractivity contribution is 7.99. The lowest BCUT2D eigenvalue weighted by Gasteiger charge is -2.11. The van der Waals surface area contributed by atoms with Crippen LogP contribution in [0.2, 0.25) is 0 Å². The van der Waals surface area contributed by atoms with Gasteiger partial charge in [0.1, 0.15) is 5.58 Å². The summed E-state index contributed by atoms with van der Waals surface area (Å²) in [6, 6.07) is 14.8.